The molecule has 128 valence electrons. The molecule has 2 aromatic rings. The van der Waals surface area contributed by atoms with Crippen molar-refractivity contribution in [1.82, 2.24) is 5.32 Å². The van der Waals surface area contributed by atoms with Gasteiger partial charge < -0.3 is 14.8 Å². The van der Waals surface area contributed by atoms with Crippen LogP contribution in [0.5, 0.6) is 5.75 Å². The second kappa shape index (κ2) is 8.71. The largest absolute Gasteiger partial charge is 0.496 e. The molecule has 0 heterocycles. The molecule has 0 saturated heterocycles. The first-order valence-electron chi connectivity index (χ1n) is 7.80. The van der Waals surface area contributed by atoms with Crippen LogP contribution in [-0.4, -0.2) is 32.8 Å². The number of halogens is 1. The second-order valence-electron chi connectivity index (χ2n) is 5.52. The fourth-order valence-electron chi connectivity index (χ4n) is 2.34. The lowest BCUT2D eigenvalue weighted by molar-refractivity contribution is 0.0918. The second-order valence-corrected chi connectivity index (χ2v) is 5.95. The van der Waals surface area contributed by atoms with Gasteiger partial charge in [-0.1, -0.05) is 23.7 Å². The lowest BCUT2D eigenvalue weighted by Crippen LogP contribution is -2.26. The van der Waals surface area contributed by atoms with Crippen LogP contribution in [0.15, 0.2) is 42.5 Å². The molecule has 0 aromatic heterocycles. The number of rotatable bonds is 7. The Morgan fingerprint density at radius 2 is 2.00 bits per heavy atom. The van der Waals surface area contributed by atoms with Gasteiger partial charge in [-0.05, 0) is 49.2 Å². The summed E-state index contributed by atoms with van der Waals surface area (Å²) in [6, 6.07) is 12.8. The number of carbonyl (C=O) groups excluding carboxylic acids is 1. The van der Waals surface area contributed by atoms with Gasteiger partial charge in [0, 0.05) is 29.8 Å². The Labute approximate surface area is 147 Å². The summed E-state index contributed by atoms with van der Waals surface area (Å²) in [7, 11) is 3.27. The van der Waals surface area contributed by atoms with E-state index in [1.807, 2.05) is 37.3 Å². The van der Waals surface area contributed by atoms with Crippen molar-refractivity contribution in [3.63, 3.8) is 0 Å². The topological polar surface area (TPSA) is 47.6 Å². The number of benzene rings is 2. The minimum atomic E-state index is -0.110. The molecule has 0 spiro atoms. The third-order valence-corrected chi connectivity index (χ3v) is 4.07. The minimum Gasteiger partial charge on any atom is -0.496 e. The van der Waals surface area contributed by atoms with E-state index in [2.05, 4.69) is 5.32 Å². The minimum absolute atomic E-state index is 0.110. The van der Waals surface area contributed by atoms with E-state index in [0.29, 0.717) is 22.9 Å². The molecule has 1 atom stereocenters. The summed E-state index contributed by atoms with van der Waals surface area (Å²) in [5, 5.41) is 3.53. The molecular weight excluding hydrogens is 326 g/mol. The lowest BCUT2D eigenvalue weighted by atomic mass is 10.0. The van der Waals surface area contributed by atoms with Gasteiger partial charge in [-0.15, -0.1) is 0 Å². The summed E-state index contributed by atoms with van der Waals surface area (Å²) in [6.07, 6.45) is 0.886. The van der Waals surface area contributed by atoms with Crippen molar-refractivity contribution in [2.24, 2.45) is 0 Å². The third kappa shape index (κ3) is 4.73. The molecule has 1 N–H and O–H groups in total. The number of hydrogen-bond acceptors (Lipinski definition) is 3. The number of ether oxygens (including phenoxy) is 2. The van der Waals surface area contributed by atoms with Gasteiger partial charge in [-0.2, -0.15) is 0 Å². The number of amides is 1. The third-order valence-electron chi connectivity index (χ3n) is 3.84. The molecule has 5 heteroatoms. The Hall–Kier alpha value is -2.04. The molecule has 2 aromatic carbocycles. The fraction of sp³-hybridized carbons (Fsp3) is 0.316. The molecule has 0 aliphatic heterocycles. The van der Waals surface area contributed by atoms with E-state index in [9.17, 15) is 4.79 Å². The number of nitrogens with one attached hydrogen (secondary N) is 1. The van der Waals surface area contributed by atoms with Crippen LogP contribution in [0, 0.1) is 0 Å². The summed E-state index contributed by atoms with van der Waals surface area (Å²) in [5.74, 6) is 0.604. The molecule has 0 bridgehead atoms. The van der Waals surface area contributed by atoms with Gasteiger partial charge >= 0.3 is 0 Å². The van der Waals surface area contributed by atoms with Crippen LogP contribution in [0.1, 0.15) is 23.7 Å². The molecule has 0 fully saturated rings. The Balaban J connectivity index is 2.17. The van der Waals surface area contributed by atoms with Gasteiger partial charge in [-0.3, -0.25) is 4.79 Å². The molecule has 24 heavy (non-hydrogen) atoms. The van der Waals surface area contributed by atoms with E-state index in [4.69, 9.17) is 21.1 Å². The fourth-order valence-corrected chi connectivity index (χ4v) is 2.51. The van der Waals surface area contributed by atoms with Crippen molar-refractivity contribution in [2.75, 3.05) is 20.8 Å². The molecule has 0 unspecified atom stereocenters. The maximum atomic E-state index is 12.3. The molecule has 0 aliphatic carbocycles. The Morgan fingerprint density at radius 3 is 2.71 bits per heavy atom. The monoisotopic (exact) mass is 347 g/mol. The summed E-state index contributed by atoms with van der Waals surface area (Å²) in [6.45, 7) is 2.54. The van der Waals surface area contributed by atoms with Crippen LogP contribution in [0.3, 0.4) is 0 Å². The van der Waals surface area contributed by atoms with Gasteiger partial charge in [0.1, 0.15) is 5.75 Å². The van der Waals surface area contributed by atoms with E-state index >= 15 is 0 Å². The molecule has 0 saturated carbocycles. The van der Waals surface area contributed by atoms with Gasteiger partial charge in [0.25, 0.3) is 5.91 Å². The molecular formula is C19H22ClNO3. The van der Waals surface area contributed by atoms with Crippen LogP contribution < -0.4 is 10.1 Å². The number of carbonyl (C=O) groups is 1. The van der Waals surface area contributed by atoms with E-state index in [1.165, 1.54) is 0 Å². The maximum Gasteiger partial charge on any atom is 0.251 e. The molecule has 4 nitrogen and oxygen atoms in total. The first-order valence-corrected chi connectivity index (χ1v) is 8.18. The Morgan fingerprint density at radius 1 is 1.21 bits per heavy atom. The number of methoxy groups -OCH3 is 2. The zero-order valence-corrected chi connectivity index (χ0v) is 14.9. The van der Waals surface area contributed by atoms with Crippen molar-refractivity contribution in [2.45, 2.75) is 19.4 Å². The van der Waals surface area contributed by atoms with Crippen LogP contribution >= 0.6 is 11.6 Å². The average molecular weight is 348 g/mol. The molecule has 1 amide bonds. The van der Waals surface area contributed by atoms with Gasteiger partial charge in [0.15, 0.2) is 0 Å². The number of hydrogen-bond donors (Lipinski definition) is 1. The van der Waals surface area contributed by atoms with Crippen molar-refractivity contribution in [1.29, 1.82) is 0 Å². The van der Waals surface area contributed by atoms with Crippen molar-refractivity contribution < 1.29 is 14.3 Å². The average Bonchev–Trinajstić information content (AvgIpc) is 2.61. The first-order chi connectivity index (χ1) is 11.5. The van der Waals surface area contributed by atoms with Crippen molar-refractivity contribution in [3.8, 4) is 16.9 Å². The van der Waals surface area contributed by atoms with Crippen molar-refractivity contribution in [3.05, 3.63) is 53.1 Å². The van der Waals surface area contributed by atoms with Crippen LogP contribution in [0.4, 0.5) is 0 Å². The zero-order chi connectivity index (χ0) is 17.5. The predicted molar refractivity (Wildman–Crippen MR) is 96.9 cm³/mol. The standard InChI is InChI=1S/C19H22ClNO3/c1-13(23-2)9-10-21-19(22)15-6-4-5-14(11-15)17-12-16(20)7-8-18(17)24-3/h4-8,11-13H,9-10H2,1-3H3,(H,21,22)/t13-/m1/s1. The lowest BCUT2D eigenvalue weighted by Gasteiger charge is -2.12. The Kier molecular flexibility index (Phi) is 6.64. The highest BCUT2D eigenvalue weighted by Crippen LogP contribution is 2.32. The summed E-state index contributed by atoms with van der Waals surface area (Å²) in [5.41, 5.74) is 2.33. The van der Waals surface area contributed by atoms with E-state index in [0.717, 1.165) is 17.5 Å². The van der Waals surface area contributed by atoms with E-state index in [1.54, 1.807) is 26.4 Å². The van der Waals surface area contributed by atoms with E-state index in [-0.39, 0.29) is 12.0 Å². The van der Waals surface area contributed by atoms with Gasteiger partial charge in [-0.25, -0.2) is 0 Å². The summed E-state index contributed by atoms with van der Waals surface area (Å²) < 4.78 is 10.6. The highest BCUT2D eigenvalue weighted by molar-refractivity contribution is 6.31. The normalized spacial score (nSPS) is 11.8. The Bertz CT molecular complexity index is 703. The van der Waals surface area contributed by atoms with Crippen LogP contribution in [0.2, 0.25) is 5.02 Å². The predicted octanol–water partition coefficient (Wildman–Crippen LogP) is 4.17. The van der Waals surface area contributed by atoms with Gasteiger partial charge in [0.05, 0.1) is 13.2 Å². The molecule has 0 aliphatic rings. The summed E-state index contributed by atoms with van der Waals surface area (Å²) in [4.78, 5) is 12.3. The quantitative estimate of drug-likeness (QED) is 0.817. The van der Waals surface area contributed by atoms with Crippen molar-refractivity contribution >= 4 is 17.5 Å². The van der Waals surface area contributed by atoms with Gasteiger partial charge in [0.2, 0.25) is 0 Å². The van der Waals surface area contributed by atoms with Crippen LogP contribution in [-0.2, 0) is 4.74 Å². The highest BCUT2D eigenvalue weighted by Gasteiger charge is 2.11. The summed E-state index contributed by atoms with van der Waals surface area (Å²) >= 11 is 6.09. The van der Waals surface area contributed by atoms with E-state index < -0.39 is 0 Å². The molecule has 0 radical (unpaired) electrons. The SMILES string of the molecule is COc1ccc(Cl)cc1-c1cccc(C(=O)NCC[C@@H](C)OC)c1. The molecule has 2 rings (SSSR count). The maximum absolute atomic E-state index is 12.3. The smallest absolute Gasteiger partial charge is 0.251 e. The first kappa shape index (κ1) is 18.3. The zero-order valence-electron chi connectivity index (χ0n) is 14.1. The highest BCUT2D eigenvalue weighted by atomic mass is 35.5. The van der Waals surface area contributed by atoms with Crippen LogP contribution in [0.25, 0.3) is 11.1 Å².